The number of ether oxygens (including phenoxy) is 1. The van der Waals surface area contributed by atoms with Gasteiger partial charge in [0.1, 0.15) is 5.82 Å². The van der Waals surface area contributed by atoms with Crippen LogP contribution in [0.1, 0.15) is 12.5 Å². The van der Waals surface area contributed by atoms with Crippen molar-refractivity contribution in [3.05, 3.63) is 64.9 Å². The van der Waals surface area contributed by atoms with Crippen LogP contribution < -0.4 is 0 Å². The van der Waals surface area contributed by atoms with Gasteiger partial charge in [0.25, 0.3) is 0 Å². The van der Waals surface area contributed by atoms with Crippen molar-refractivity contribution in [2.75, 3.05) is 6.61 Å². The van der Waals surface area contributed by atoms with E-state index in [-0.39, 0.29) is 0 Å². The number of esters is 1. The van der Waals surface area contributed by atoms with E-state index in [9.17, 15) is 9.18 Å². The lowest BCUT2D eigenvalue weighted by Gasteiger charge is -2.04. The number of hydrogen-bond donors (Lipinski definition) is 0. The average Bonchev–Trinajstić information content (AvgIpc) is 2.47. The summed E-state index contributed by atoms with van der Waals surface area (Å²) in [5.41, 5.74) is 1.96. The summed E-state index contributed by atoms with van der Waals surface area (Å²) in [7, 11) is 0. The van der Waals surface area contributed by atoms with Crippen molar-refractivity contribution in [1.29, 1.82) is 0 Å². The molecule has 2 aromatic rings. The average molecular weight is 305 g/mol. The third-order valence-corrected chi connectivity index (χ3v) is 3.12. The first-order chi connectivity index (χ1) is 10.1. The fourth-order valence-corrected chi connectivity index (χ4v) is 1.96. The lowest BCUT2D eigenvalue weighted by atomic mass is 10.0. The molecule has 0 aliphatic rings. The van der Waals surface area contributed by atoms with Crippen molar-refractivity contribution < 1.29 is 13.9 Å². The van der Waals surface area contributed by atoms with Gasteiger partial charge in [0.05, 0.1) is 6.61 Å². The molecular weight excluding hydrogens is 291 g/mol. The molecule has 0 atom stereocenters. The highest BCUT2D eigenvalue weighted by molar-refractivity contribution is 6.30. The molecule has 0 radical (unpaired) electrons. The second-order valence-corrected chi connectivity index (χ2v) is 4.77. The number of hydrogen-bond acceptors (Lipinski definition) is 2. The molecule has 2 nitrogen and oxygen atoms in total. The standard InChI is InChI=1S/C17H14ClFO2/c1-2-21-17(20)10-7-13-3-4-14(11-16(13)19)12-5-8-15(18)9-6-12/h3-11H,2H2,1H3/b10-7+. The van der Waals surface area contributed by atoms with Crippen molar-refractivity contribution in [2.45, 2.75) is 6.92 Å². The zero-order valence-electron chi connectivity index (χ0n) is 11.5. The Bertz CT molecular complexity index is 663. The van der Waals surface area contributed by atoms with Gasteiger partial charge in [0.15, 0.2) is 0 Å². The molecule has 4 heteroatoms. The van der Waals surface area contributed by atoms with Crippen LogP contribution in [0.4, 0.5) is 4.39 Å². The van der Waals surface area contributed by atoms with E-state index in [1.54, 1.807) is 31.2 Å². The molecule has 0 fully saturated rings. The molecule has 0 bridgehead atoms. The van der Waals surface area contributed by atoms with Crippen LogP contribution in [0.25, 0.3) is 17.2 Å². The van der Waals surface area contributed by atoms with Gasteiger partial charge in [0, 0.05) is 16.7 Å². The molecule has 0 saturated heterocycles. The van der Waals surface area contributed by atoms with E-state index in [0.717, 1.165) is 11.1 Å². The Morgan fingerprint density at radius 2 is 1.86 bits per heavy atom. The molecule has 0 heterocycles. The van der Waals surface area contributed by atoms with Crippen LogP contribution in [0.5, 0.6) is 0 Å². The molecule has 0 saturated carbocycles. The second-order valence-electron chi connectivity index (χ2n) is 4.33. The molecule has 0 N–H and O–H groups in total. The lowest BCUT2D eigenvalue weighted by molar-refractivity contribution is -0.137. The van der Waals surface area contributed by atoms with E-state index in [2.05, 4.69) is 0 Å². The quantitative estimate of drug-likeness (QED) is 0.603. The van der Waals surface area contributed by atoms with Gasteiger partial charge < -0.3 is 4.74 Å². The molecule has 0 unspecified atom stereocenters. The smallest absolute Gasteiger partial charge is 0.330 e. The van der Waals surface area contributed by atoms with Crippen LogP contribution in [-0.4, -0.2) is 12.6 Å². The van der Waals surface area contributed by atoms with Crippen molar-refractivity contribution in [2.24, 2.45) is 0 Å². The van der Waals surface area contributed by atoms with E-state index < -0.39 is 11.8 Å². The molecule has 2 aromatic carbocycles. The summed E-state index contributed by atoms with van der Waals surface area (Å²) in [4.78, 5) is 11.2. The van der Waals surface area contributed by atoms with Crippen LogP contribution in [0.15, 0.2) is 48.5 Å². The first-order valence-electron chi connectivity index (χ1n) is 6.50. The molecule has 0 aliphatic heterocycles. The lowest BCUT2D eigenvalue weighted by Crippen LogP contribution is -1.98. The van der Waals surface area contributed by atoms with Crippen molar-refractivity contribution in [1.82, 2.24) is 0 Å². The van der Waals surface area contributed by atoms with Crippen LogP contribution in [0.2, 0.25) is 5.02 Å². The normalized spacial score (nSPS) is 10.8. The van der Waals surface area contributed by atoms with E-state index in [1.165, 1.54) is 18.2 Å². The molecule has 0 spiro atoms. The van der Waals surface area contributed by atoms with Crippen LogP contribution in [0.3, 0.4) is 0 Å². The topological polar surface area (TPSA) is 26.3 Å². The number of rotatable bonds is 4. The van der Waals surface area contributed by atoms with Gasteiger partial charge in [-0.1, -0.05) is 35.9 Å². The summed E-state index contributed by atoms with van der Waals surface area (Å²) in [6, 6.07) is 12.0. The molecule has 2 rings (SSSR count). The number of carbonyl (C=O) groups is 1. The van der Waals surface area contributed by atoms with E-state index in [0.29, 0.717) is 17.2 Å². The van der Waals surface area contributed by atoms with Crippen molar-refractivity contribution in [3.63, 3.8) is 0 Å². The minimum absolute atomic E-state index is 0.293. The first kappa shape index (κ1) is 15.3. The van der Waals surface area contributed by atoms with Gasteiger partial charge in [-0.2, -0.15) is 0 Å². The Hall–Kier alpha value is -2.13. The fourth-order valence-electron chi connectivity index (χ4n) is 1.83. The predicted octanol–water partition coefficient (Wildman–Crippen LogP) is 4.72. The minimum Gasteiger partial charge on any atom is -0.463 e. The maximum absolute atomic E-state index is 14.0. The number of halogens is 2. The Balaban J connectivity index is 2.21. The highest BCUT2D eigenvalue weighted by atomic mass is 35.5. The number of carbonyl (C=O) groups excluding carboxylic acids is 1. The van der Waals surface area contributed by atoms with Crippen LogP contribution in [-0.2, 0) is 9.53 Å². The highest BCUT2D eigenvalue weighted by Crippen LogP contribution is 2.24. The largest absolute Gasteiger partial charge is 0.463 e. The summed E-state index contributed by atoms with van der Waals surface area (Å²) in [6.07, 6.45) is 2.61. The van der Waals surface area contributed by atoms with E-state index in [4.69, 9.17) is 16.3 Å². The van der Waals surface area contributed by atoms with Crippen molar-refractivity contribution in [3.8, 4) is 11.1 Å². The Morgan fingerprint density at radius 3 is 2.48 bits per heavy atom. The predicted molar refractivity (Wildman–Crippen MR) is 82.5 cm³/mol. The fraction of sp³-hybridized carbons (Fsp3) is 0.118. The van der Waals surface area contributed by atoms with Gasteiger partial charge in [-0.25, -0.2) is 9.18 Å². The third kappa shape index (κ3) is 4.17. The molecule has 0 amide bonds. The molecule has 0 aromatic heterocycles. The molecule has 0 aliphatic carbocycles. The zero-order valence-corrected chi connectivity index (χ0v) is 12.2. The van der Waals surface area contributed by atoms with Gasteiger partial charge in [0.2, 0.25) is 0 Å². The number of benzene rings is 2. The molecule has 21 heavy (non-hydrogen) atoms. The SMILES string of the molecule is CCOC(=O)/C=C/c1ccc(-c2ccc(Cl)cc2)cc1F. The monoisotopic (exact) mass is 304 g/mol. The van der Waals surface area contributed by atoms with Crippen LogP contribution >= 0.6 is 11.6 Å². The third-order valence-electron chi connectivity index (χ3n) is 2.86. The summed E-state index contributed by atoms with van der Waals surface area (Å²) >= 11 is 5.83. The molecular formula is C17H14ClFO2. The Labute approximate surface area is 127 Å². The van der Waals surface area contributed by atoms with Crippen molar-refractivity contribution >= 4 is 23.6 Å². The maximum atomic E-state index is 14.0. The second kappa shape index (κ2) is 7.04. The Morgan fingerprint density at radius 1 is 1.19 bits per heavy atom. The summed E-state index contributed by atoms with van der Waals surface area (Å²) in [6.45, 7) is 2.01. The van der Waals surface area contributed by atoms with E-state index >= 15 is 0 Å². The zero-order chi connectivity index (χ0) is 15.2. The summed E-state index contributed by atoms with van der Waals surface area (Å²) in [5.74, 6) is -0.887. The Kier molecular flexibility index (Phi) is 5.12. The summed E-state index contributed by atoms with van der Waals surface area (Å²) in [5, 5.41) is 0.633. The van der Waals surface area contributed by atoms with Gasteiger partial charge >= 0.3 is 5.97 Å². The van der Waals surface area contributed by atoms with Gasteiger partial charge in [-0.3, -0.25) is 0 Å². The highest BCUT2D eigenvalue weighted by Gasteiger charge is 2.04. The first-order valence-corrected chi connectivity index (χ1v) is 6.88. The van der Waals surface area contributed by atoms with Gasteiger partial charge in [-0.05, 0) is 42.3 Å². The van der Waals surface area contributed by atoms with E-state index in [1.807, 2.05) is 12.1 Å². The summed E-state index contributed by atoms with van der Waals surface area (Å²) < 4.78 is 18.8. The maximum Gasteiger partial charge on any atom is 0.330 e. The van der Waals surface area contributed by atoms with Gasteiger partial charge in [-0.15, -0.1) is 0 Å². The van der Waals surface area contributed by atoms with Crippen LogP contribution in [0, 0.1) is 5.82 Å². The molecule has 108 valence electrons. The minimum atomic E-state index is -0.487.